The third-order valence-electron chi connectivity index (χ3n) is 5.67. The number of hydrogen-bond acceptors (Lipinski definition) is 5. The lowest BCUT2D eigenvalue weighted by molar-refractivity contribution is -0.384. The van der Waals surface area contributed by atoms with E-state index in [1.54, 1.807) is 24.3 Å². The van der Waals surface area contributed by atoms with E-state index in [2.05, 4.69) is 17.1 Å². The standard InChI is InChI=1S/C19H21N3O4/c1-12-18(14-8-10-21(12)11-9-14)20-19(23)17-7-6-16(26-17)13-2-4-15(5-3-13)22(24)25/h2-7,12,14,18H,8-11H2,1H3,(H,20,23). The number of nitrogens with one attached hydrogen (secondary N) is 1. The molecule has 3 aliphatic heterocycles. The molecule has 2 bridgehead atoms. The third-order valence-corrected chi connectivity index (χ3v) is 5.67. The van der Waals surface area contributed by atoms with E-state index in [-0.39, 0.29) is 23.4 Å². The summed E-state index contributed by atoms with van der Waals surface area (Å²) in [6.45, 7) is 4.40. The molecule has 136 valence electrons. The minimum Gasteiger partial charge on any atom is -0.451 e. The number of non-ortho nitro benzene ring substituents is 1. The Morgan fingerprint density at radius 1 is 1.19 bits per heavy atom. The van der Waals surface area contributed by atoms with Crippen LogP contribution in [0.3, 0.4) is 0 Å². The zero-order valence-corrected chi connectivity index (χ0v) is 14.6. The number of nitro benzene ring substituents is 1. The predicted molar refractivity (Wildman–Crippen MR) is 95.8 cm³/mol. The number of furan rings is 1. The molecule has 0 spiro atoms. The monoisotopic (exact) mass is 355 g/mol. The molecule has 2 atom stereocenters. The Bertz CT molecular complexity index is 820. The van der Waals surface area contributed by atoms with Gasteiger partial charge in [-0.1, -0.05) is 0 Å². The van der Waals surface area contributed by atoms with Gasteiger partial charge in [-0.2, -0.15) is 0 Å². The van der Waals surface area contributed by atoms with Gasteiger partial charge in [0.25, 0.3) is 11.6 Å². The molecule has 0 saturated carbocycles. The number of nitro groups is 1. The van der Waals surface area contributed by atoms with Gasteiger partial charge in [0.1, 0.15) is 5.76 Å². The van der Waals surface area contributed by atoms with E-state index in [1.807, 2.05) is 0 Å². The fraction of sp³-hybridized carbons (Fsp3) is 0.421. The summed E-state index contributed by atoms with van der Waals surface area (Å²) in [5, 5.41) is 13.9. The van der Waals surface area contributed by atoms with Crippen LogP contribution in [-0.4, -0.2) is 40.9 Å². The molecule has 1 aromatic carbocycles. The summed E-state index contributed by atoms with van der Waals surface area (Å²) in [5.41, 5.74) is 0.723. The number of carbonyl (C=O) groups excluding carboxylic acids is 1. The highest BCUT2D eigenvalue weighted by Crippen LogP contribution is 2.32. The number of fused-ring (bicyclic) bond motifs is 3. The number of benzene rings is 1. The van der Waals surface area contributed by atoms with Crippen LogP contribution in [0.2, 0.25) is 0 Å². The van der Waals surface area contributed by atoms with Gasteiger partial charge >= 0.3 is 0 Å². The summed E-state index contributed by atoms with van der Waals surface area (Å²) in [6.07, 6.45) is 2.25. The molecule has 2 unspecified atom stereocenters. The molecule has 3 aliphatic rings. The summed E-state index contributed by atoms with van der Waals surface area (Å²) in [6, 6.07) is 9.95. The summed E-state index contributed by atoms with van der Waals surface area (Å²) in [4.78, 5) is 25.3. The van der Waals surface area contributed by atoms with Crippen LogP contribution >= 0.6 is 0 Å². The molecule has 1 aromatic heterocycles. The van der Waals surface area contributed by atoms with Gasteiger partial charge in [0.05, 0.1) is 4.92 Å². The van der Waals surface area contributed by atoms with E-state index in [9.17, 15) is 14.9 Å². The van der Waals surface area contributed by atoms with Crippen LogP contribution in [0.5, 0.6) is 0 Å². The minimum absolute atomic E-state index is 0.0228. The molecule has 0 aliphatic carbocycles. The first-order valence-corrected chi connectivity index (χ1v) is 8.92. The van der Waals surface area contributed by atoms with E-state index in [0.717, 1.165) is 25.9 Å². The first kappa shape index (κ1) is 16.8. The molecule has 0 radical (unpaired) electrons. The summed E-state index contributed by atoms with van der Waals surface area (Å²) >= 11 is 0. The Morgan fingerprint density at radius 2 is 1.88 bits per heavy atom. The van der Waals surface area contributed by atoms with Crippen molar-refractivity contribution in [1.82, 2.24) is 10.2 Å². The average molecular weight is 355 g/mol. The molecule has 2 aromatic rings. The van der Waals surface area contributed by atoms with E-state index in [1.165, 1.54) is 12.1 Å². The van der Waals surface area contributed by atoms with Gasteiger partial charge in [0.15, 0.2) is 5.76 Å². The van der Waals surface area contributed by atoms with Gasteiger partial charge in [-0.3, -0.25) is 19.8 Å². The summed E-state index contributed by atoms with van der Waals surface area (Å²) in [5.74, 6) is 1.11. The number of piperidine rings is 3. The fourth-order valence-electron chi connectivity index (χ4n) is 4.13. The predicted octanol–water partition coefficient (Wildman–Crippen LogP) is 3.07. The Kier molecular flexibility index (Phi) is 4.24. The van der Waals surface area contributed by atoms with Crippen LogP contribution in [0.15, 0.2) is 40.8 Å². The molecule has 1 N–H and O–H groups in total. The van der Waals surface area contributed by atoms with Crippen LogP contribution in [0.4, 0.5) is 5.69 Å². The van der Waals surface area contributed by atoms with Crippen LogP contribution < -0.4 is 5.32 Å². The normalized spacial score (nSPS) is 27.3. The molecule has 5 rings (SSSR count). The topological polar surface area (TPSA) is 88.6 Å². The lowest BCUT2D eigenvalue weighted by Gasteiger charge is -2.49. The quantitative estimate of drug-likeness (QED) is 0.672. The lowest BCUT2D eigenvalue weighted by atomic mass is 9.79. The number of carbonyl (C=O) groups is 1. The highest BCUT2D eigenvalue weighted by atomic mass is 16.6. The molecule has 4 heterocycles. The molecule has 3 saturated heterocycles. The number of amides is 1. The van der Waals surface area contributed by atoms with E-state index >= 15 is 0 Å². The van der Waals surface area contributed by atoms with Crippen molar-refractivity contribution >= 4 is 11.6 Å². The van der Waals surface area contributed by atoms with Crippen molar-refractivity contribution in [3.63, 3.8) is 0 Å². The largest absolute Gasteiger partial charge is 0.451 e. The SMILES string of the molecule is CC1C(NC(=O)c2ccc(-c3ccc([N+](=O)[O-])cc3)o2)C2CCN1CC2. The Hall–Kier alpha value is -2.67. The highest BCUT2D eigenvalue weighted by molar-refractivity contribution is 5.92. The Labute approximate surface area is 151 Å². The first-order valence-electron chi connectivity index (χ1n) is 8.92. The minimum atomic E-state index is -0.445. The number of hydrogen-bond donors (Lipinski definition) is 1. The van der Waals surface area contributed by atoms with Crippen molar-refractivity contribution in [3.05, 3.63) is 52.3 Å². The maximum absolute atomic E-state index is 12.6. The second-order valence-corrected chi connectivity index (χ2v) is 7.08. The molecule has 7 heteroatoms. The van der Waals surface area contributed by atoms with E-state index in [0.29, 0.717) is 23.3 Å². The maximum atomic E-state index is 12.6. The fourth-order valence-corrected chi connectivity index (χ4v) is 4.13. The van der Waals surface area contributed by atoms with Crippen molar-refractivity contribution in [2.75, 3.05) is 13.1 Å². The maximum Gasteiger partial charge on any atom is 0.287 e. The molecular weight excluding hydrogens is 334 g/mol. The van der Waals surface area contributed by atoms with Crippen molar-refractivity contribution < 1.29 is 14.1 Å². The first-order chi connectivity index (χ1) is 12.5. The summed E-state index contributed by atoms with van der Waals surface area (Å²) < 4.78 is 5.69. The second kappa shape index (κ2) is 6.57. The van der Waals surface area contributed by atoms with Gasteiger partial charge in [-0.25, -0.2) is 0 Å². The third kappa shape index (κ3) is 2.99. The van der Waals surface area contributed by atoms with Crippen molar-refractivity contribution in [2.24, 2.45) is 5.92 Å². The van der Waals surface area contributed by atoms with Crippen molar-refractivity contribution in [1.29, 1.82) is 0 Å². The lowest BCUT2D eigenvalue weighted by Crippen LogP contribution is -2.62. The molecule has 26 heavy (non-hydrogen) atoms. The molecule has 1 amide bonds. The van der Waals surface area contributed by atoms with E-state index in [4.69, 9.17) is 4.42 Å². The summed E-state index contributed by atoms with van der Waals surface area (Å²) in [7, 11) is 0. The highest BCUT2D eigenvalue weighted by Gasteiger charge is 2.40. The van der Waals surface area contributed by atoms with Gasteiger partial charge < -0.3 is 9.73 Å². The van der Waals surface area contributed by atoms with Gasteiger partial charge in [-0.05, 0) is 63.0 Å². The Morgan fingerprint density at radius 3 is 2.50 bits per heavy atom. The van der Waals surface area contributed by atoms with Crippen LogP contribution in [0.1, 0.15) is 30.3 Å². The molecule has 7 nitrogen and oxygen atoms in total. The van der Waals surface area contributed by atoms with Gasteiger partial charge in [0, 0.05) is 29.8 Å². The van der Waals surface area contributed by atoms with Gasteiger partial charge in [0.2, 0.25) is 0 Å². The van der Waals surface area contributed by atoms with E-state index < -0.39 is 4.92 Å². The zero-order chi connectivity index (χ0) is 18.3. The van der Waals surface area contributed by atoms with Crippen molar-refractivity contribution in [3.8, 4) is 11.3 Å². The Balaban J connectivity index is 1.47. The number of nitrogens with zero attached hydrogens (tertiary/aromatic N) is 2. The molecular formula is C19H21N3O4. The zero-order valence-electron chi connectivity index (χ0n) is 14.6. The smallest absolute Gasteiger partial charge is 0.287 e. The average Bonchev–Trinajstić information content (AvgIpc) is 3.15. The van der Waals surface area contributed by atoms with Crippen LogP contribution in [0.25, 0.3) is 11.3 Å². The van der Waals surface area contributed by atoms with Crippen molar-refractivity contribution in [2.45, 2.75) is 31.8 Å². The molecule has 3 fully saturated rings. The van der Waals surface area contributed by atoms with Gasteiger partial charge in [-0.15, -0.1) is 0 Å². The number of rotatable bonds is 4. The van der Waals surface area contributed by atoms with Crippen LogP contribution in [0, 0.1) is 16.0 Å². The second-order valence-electron chi connectivity index (χ2n) is 7.08. The van der Waals surface area contributed by atoms with Crippen LogP contribution in [-0.2, 0) is 0 Å².